The van der Waals surface area contributed by atoms with E-state index >= 15 is 0 Å². The maximum Gasteiger partial charge on any atom is 0.221 e. The fourth-order valence-electron chi connectivity index (χ4n) is 6.76. The first-order valence-corrected chi connectivity index (χ1v) is 13.9. The zero-order valence-electron chi connectivity index (χ0n) is 21.9. The summed E-state index contributed by atoms with van der Waals surface area (Å²) in [5.74, 6) is 1.79. The van der Waals surface area contributed by atoms with E-state index in [9.17, 15) is 4.79 Å². The average Bonchev–Trinajstić information content (AvgIpc) is 3.54. The molecule has 1 saturated heterocycles. The highest BCUT2D eigenvalue weighted by Crippen LogP contribution is 2.61. The summed E-state index contributed by atoms with van der Waals surface area (Å²) in [6, 6.07) is 7.87. The molecule has 1 amide bonds. The molecule has 2 heterocycles. The molecule has 5 nitrogen and oxygen atoms in total. The van der Waals surface area contributed by atoms with E-state index in [1.165, 1.54) is 95.5 Å². The first-order chi connectivity index (χ1) is 16.9. The molecule has 3 aliphatic rings. The minimum Gasteiger partial charge on any atom is -0.326 e. The van der Waals surface area contributed by atoms with E-state index in [0.717, 1.165) is 40.9 Å². The standard InChI is InChI=1S/C30H42N4O/c1-21-22(2)29(25-9-12-27(13-10-25)31-23(3)35)33-32-28(21)14-11-26-19-30(26)15-17-34(18-16-30)20-24-7-5-4-6-8-24/h9-10,12-13,24,26H,4-8,11,14-20H2,1-3H3,(H,31,35). The lowest BCUT2D eigenvalue weighted by atomic mass is 9.86. The molecule has 5 rings (SSSR count). The number of likely N-dealkylation sites (tertiary alicyclic amines) is 1. The number of nitrogens with zero attached hydrogens (tertiary/aromatic N) is 3. The van der Waals surface area contributed by atoms with Gasteiger partial charge in [-0.15, -0.1) is 5.10 Å². The molecule has 2 aromatic rings. The van der Waals surface area contributed by atoms with E-state index in [1.807, 2.05) is 24.3 Å². The Bertz CT molecular complexity index is 1030. The molecule has 1 aromatic heterocycles. The van der Waals surface area contributed by atoms with Gasteiger partial charge in [0.15, 0.2) is 0 Å². The van der Waals surface area contributed by atoms with E-state index in [4.69, 9.17) is 0 Å². The van der Waals surface area contributed by atoms with Crippen LogP contribution >= 0.6 is 0 Å². The smallest absolute Gasteiger partial charge is 0.221 e. The molecule has 0 radical (unpaired) electrons. The summed E-state index contributed by atoms with van der Waals surface area (Å²) in [4.78, 5) is 14.0. The zero-order chi connectivity index (χ0) is 24.4. The number of piperidine rings is 1. The predicted molar refractivity (Wildman–Crippen MR) is 142 cm³/mol. The Morgan fingerprint density at radius 1 is 1.03 bits per heavy atom. The van der Waals surface area contributed by atoms with Gasteiger partial charge in [0.1, 0.15) is 0 Å². The highest BCUT2D eigenvalue weighted by atomic mass is 16.1. The van der Waals surface area contributed by atoms with Crippen LogP contribution in [0.1, 0.15) is 81.5 Å². The molecular formula is C30H42N4O. The van der Waals surface area contributed by atoms with Gasteiger partial charge in [-0.2, -0.15) is 5.10 Å². The minimum atomic E-state index is -0.0589. The second-order valence-corrected chi connectivity index (χ2v) is 11.6. The molecule has 3 fully saturated rings. The molecule has 2 saturated carbocycles. The number of rotatable bonds is 7. The lowest BCUT2D eigenvalue weighted by molar-refractivity contribution is -0.114. The Morgan fingerprint density at radius 3 is 2.43 bits per heavy atom. The fourth-order valence-corrected chi connectivity index (χ4v) is 6.76. The number of benzene rings is 1. The first-order valence-electron chi connectivity index (χ1n) is 13.9. The van der Waals surface area contributed by atoms with E-state index in [2.05, 4.69) is 34.3 Å². The van der Waals surface area contributed by atoms with Gasteiger partial charge < -0.3 is 10.2 Å². The number of carbonyl (C=O) groups excluding carboxylic acids is 1. The van der Waals surface area contributed by atoms with E-state index in [0.29, 0.717) is 5.41 Å². The van der Waals surface area contributed by atoms with Crippen molar-refractivity contribution >= 4 is 11.6 Å². The van der Waals surface area contributed by atoms with Gasteiger partial charge in [-0.3, -0.25) is 4.79 Å². The van der Waals surface area contributed by atoms with Gasteiger partial charge in [0, 0.05) is 24.7 Å². The molecule has 2 aliphatic carbocycles. The van der Waals surface area contributed by atoms with Crippen LogP contribution in [0, 0.1) is 31.1 Å². The summed E-state index contributed by atoms with van der Waals surface area (Å²) in [5.41, 5.74) is 7.07. The van der Waals surface area contributed by atoms with Crippen molar-refractivity contribution in [3.8, 4) is 11.3 Å². The summed E-state index contributed by atoms with van der Waals surface area (Å²) in [7, 11) is 0. The summed E-state index contributed by atoms with van der Waals surface area (Å²) in [6.45, 7) is 9.88. The Labute approximate surface area is 211 Å². The van der Waals surface area contributed by atoms with Crippen molar-refractivity contribution in [1.29, 1.82) is 0 Å². The van der Waals surface area contributed by atoms with Gasteiger partial charge >= 0.3 is 0 Å². The molecule has 35 heavy (non-hydrogen) atoms. The molecule has 1 spiro atoms. The van der Waals surface area contributed by atoms with Crippen LogP contribution in [0.3, 0.4) is 0 Å². The largest absolute Gasteiger partial charge is 0.326 e. The van der Waals surface area contributed by atoms with E-state index in [1.54, 1.807) is 0 Å². The van der Waals surface area contributed by atoms with Crippen LogP contribution in [-0.2, 0) is 11.2 Å². The quantitative estimate of drug-likeness (QED) is 0.509. The number of amides is 1. The Balaban J connectivity index is 1.13. The fraction of sp³-hybridized carbons (Fsp3) is 0.633. The molecule has 1 N–H and O–H groups in total. The lowest BCUT2D eigenvalue weighted by Crippen LogP contribution is -2.38. The van der Waals surface area contributed by atoms with Gasteiger partial charge in [-0.25, -0.2) is 0 Å². The highest BCUT2D eigenvalue weighted by molar-refractivity contribution is 5.89. The van der Waals surface area contributed by atoms with Gasteiger partial charge in [0.2, 0.25) is 5.91 Å². The second-order valence-electron chi connectivity index (χ2n) is 11.6. The van der Waals surface area contributed by atoms with Crippen LogP contribution < -0.4 is 5.32 Å². The first kappa shape index (κ1) is 24.4. The van der Waals surface area contributed by atoms with Gasteiger partial charge in [-0.05, 0) is 112 Å². The Morgan fingerprint density at radius 2 is 1.74 bits per heavy atom. The van der Waals surface area contributed by atoms with Gasteiger partial charge in [-0.1, -0.05) is 31.4 Å². The summed E-state index contributed by atoms with van der Waals surface area (Å²) in [6.07, 6.45) is 13.8. The maximum absolute atomic E-state index is 11.3. The highest BCUT2D eigenvalue weighted by Gasteiger charge is 2.53. The molecule has 1 unspecified atom stereocenters. The maximum atomic E-state index is 11.3. The van der Waals surface area contributed by atoms with Crippen LogP contribution in [0.4, 0.5) is 5.69 Å². The van der Waals surface area contributed by atoms with Crippen molar-refractivity contribution in [3.63, 3.8) is 0 Å². The Kier molecular flexibility index (Phi) is 7.24. The van der Waals surface area contributed by atoms with Crippen molar-refractivity contribution in [2.24, 2.45) is 17.3 Å². The van der Waals surface area contributed by atoms with Crippen molar-refractivity contribution in [2.45, 2.75) is 85.0 Å². The molecule has 1 aliphatic heterocycles. The predicted octanol–water partition coefficient (Wildman–Crippen LogP) is 6.33. The number of carbonyl (C=O) groups is 1. The number of aryl methyl sites for hydroxylation is 1. The third kappa shape index (κ3) is 5.61. The summed E-state index contributed by atoms with van der Waals surface area (Å²) < 4.78 is 0. The van der Waals surface area contributed by atoms with Gasteiger partial charge in [0.05, 0.1) is 11.4 Å². The molecular weight excluding hydrogens is 432 g/mol. The number of hydrogen-bond donors (Lipinski definition) is 1. The van der Waals surface area contributed by atoms with Crippen LogP contribution in [-0.4, -0.2) is 40.6 Å². The molecule has 0 bridgehead atoms. The van der Waals surface area contributed by atoms with Crippen molar-refractivity contribution in [1.82, 2.24) is 15.1 Å². The van der Waals surface area contributed by atoms with E-state index < -0.39 is 0 Å². The lowest BCUT2D eigenvalue weighted by Gasteiger charge is -2.36. The Hall–Kier alpha value is -2.27. The monoisotopic (exact) mass is 474 g/mol. The number of hydrogen-bond acceptors (Lipinski definition) is 4. The summed E-state index contributed by atoms with van der Waals surface area (Å²) >= 11 is 0. The molecule has 5 heteroatoms. The van der Waals surface area contributed by atoms with Crippen molar-refractivity contribution < 1.29 is 4.79 Å². The average molecular weight is 475 g/mol. The number of aromatic nitrogens is 2. The zero-order valence-corrected chi connectivity index (χ0v) is 21.9. The van der Waals surface area contributed by atoms with Gasteiger partial charge in [0.25, 0.3) is 0 Å². The number of anilines is 1. The molecule has 1 atom stereocenters. The van der Waals surface area contributed by atoms with E-state index in [-0.39, 0.29) is 5.91 Å². The van der Waals surface area contributed by atoms with Crippen LogP contribution in [0.15, 0.2) is 24.3 Å². The third-order valence-electron chi connectivity index (χ3n) is 9.28. The normalized spacial score (nSPS) is 22.3. The van der Waals surface area contributed by atoms with Crippen LogP contribution in [0.5, 0.6) is 0 Å². The minimum absolute atomic E-state index is 0.0589. The SMILES string of the molecule is CC(=O)Nc1ccc(-c2nnc(CCC3CC34CCN(CC3CCCCC3)CC4)c(C)c2C)cc1. The number of nitrogens with one attached hydrogen (secondary N) is 1. The second kappa shape index (κ2) is 10.4. The van der Waals surface area contributed by atoms with Crippen LogP contribution in [0.25, 0.3) is 11.3 Å². The topological polar surface area (TPSA) is 58.1 Å². The van der Waals surface area contributed by atoms with Crippen molar-refractivity contribution in [2.75, 3.05) is 25.0 Å². The third-order valence-corrected chi connectivity index (χ3v) is 9.28. The molecule has 1 aromatic carbocycles. The molecule has 188 valence electrons. The van der Waals surface area contributed by atoms with Crippen LogP contribution in [0.2, 0.25) is 0 Å². The van der Waals surface area contributed by atoms with Crippen molar-refractivity contribution in [3.05, 3.63) is 41.1 Å². The summed E-state index contributed by atoms with van der Waals surface area (Å²) in [5, 5.41) is 12.1.